The molecule has 0 radical (unpaired) electrons. The van der Waals surface area contributed by atoms with Crippen LogP contribution < -0.4 is 0 Å². The molecule has 32 heavy (non-hydrogen) atoms. The van der Waals surface area contributed by atoms with Crippen molar-refractivity contribution in [3.05, 3.63) is 0 Å². The first kappa shape index (κ1) is 26.1. The molecular weight excluding hydrogens is 392 g/mol. The number of carbonyl (C=O) groups excluding carboxylic acids is 1. The summed E-state index contributed by atoms with van der Waals surface area (Å²) in [5.41, 5.74) is 0. The van der Waals surface area contributed by atoms with E-state index in [1.807, 2.05) is 0 Å². The van der Waals surface area contributed by atoms with Crippen molar-refractivity contribution >= 4 is 5.97 Å². The fraction of sp³-hybridized carbons (Fsp3) is 0.967. The molecule has 0 heterocycles. The number of hydrogen-bond donors (Lipinski definition) is 0. The highest BCUT2D eigenvalue weighted by Crippen LogP contribution is 2.53. The SMILES string of the molecule is CCCCCCCC[C@H]1CCC2C(CCC3C[C@@H](OC(=O)CCCCCCC)CCC32)C1. The average Bonchev–Trinajstić information content (AvgIpc) is 2.80. The van der Waals surface area contributed by atoms with Gasteiger partial charge < -0.3 is 4.74 Å². The third kappa shape index (κ3) is 8.35. The quantitative estimate of drug-likeness (QED) is 0.196. The number of carbonyl (C=O) groups is 1. The lowest BCUT2D eigenvalue weighted by atomic mass is 9.56. The Morgan fingerprint density at radius 3 is 1.97 bits per heavy atom. The van der Waals surface area contributed by atoms with Crippen molar-refractivity contribution in [2.45, 2.75) is 155 Å². The van der Waals surface area contributed by atoms with Gasteiger partial charge in [-0.1, -0.05) is 90.9 Å². The molecule has 0 N–H and O–H groups in total. The van der Waals surface area contributed by atoms with Gasteiger partial charge >= 0.3 is 5.97 Å². The predicted molar refractivity (Wildman–Crippen MR) is 136 cm³/mol. The lowest BCUT2D eigenvalue weighted by Crippen LogP contribution is -2.43. The number of ether oxygens (including phenoxy) is 1. The lowest BCUT2D eigenvalue weighted by Gasteiger charge is -2.50. The van der Waals surface area contributed by atoms with Crippen molar-refractivity contribution in [2.75, 3.05) is 0 Å². The number of hydrogen-bond acceptors (Lipinski definition) is 2. The van der Waals surface area contributed by atoms with E-state index in [-0.39, 0.29) is 12.1 Å². The molecule has 0 aromatic rings. The fourth-order valence-electron chi connectivity index (χ4n) is 7.55. The first-order chi connectivity index (χ1) is 15.7. The van der Waals surface area contributed by atoms with Crippen molar-refractivity contribution in [3.8, 4) is 0 Å². The van der Waals surface area contributed by atoms with E-state index in [0.717, 1.165) is 48.9 Å². The zero-order valence-corrected chi connectivity index (χ0v) is 21.6. The predicted octanol–water partition coefficient (Wildman–Crippen LogP) is 9.25. The summed E-state index contributed by atoms with van der Waals surface area (Å²) in [5.74, 6) is 4.87. The number of fused-ring (bicyclic) bond motifs is 3. The molecule has 2 nitrogen and oxygen atoms in total. The Kier molecular flexibility index (Phi) is 12.0. The summed E-state index contributed by atoms with van der Waals surface area (Å²) in [7, 11) is 0. The molecule has 4 unspecified atom stereocenters. The molecule has 0 amide bonds. The number of rotatable bonds is 14. The minimum atomic E-state index is 0.0776. The van der Waals surface area contributed by atoms with Gasteiger partial charge in [0.15, 0.2) is 0 Å². The molecule has 0 bridgehead atoms. The third-order valence-electron chi connectivity index (χ3n) is 9.35. The highest BCUT2D eigenvalue weighted by atomic mass is 16.5. The molecule has 0 aliphatic heterocycles. The smallest absolute Gasteiger partial charge is 0.306 e. The van der Waals surface area contributed by atoms with E-state index >= 15 is 0 Å². The van der Waals surface area contributed by atoms with Crippen molar-refractivity contribution in [1.82, 2.24) is 0 Å². The monoisotopic (exact) mass is 446 g/mol. The van der Waals surface area contributed by atoms with Crippen LogP contribution in [-0.4, -0.2) is 12.1 Å². The fourth-order valence-corrected chi connectivity index (χ4v) is 7.55. The Balaban J connectivity index is 1.32. The van der Waals surface area contributed by atoms with Crippen LogP contribution in [0.15, 0.2) is 0 Å². The minimum Gasteiger partial charge on any atom is -0.462 e. The molecule has 6 atom stereocenters. The van der Waals surface area contributed by atoms with Gasteiger partial charge in [-0.3, -0.25) is 4.79 Å². The van der Waals surface area contributed by atoms with E-state index in [0.29, 0.717) is 6.42 Å². The first-order valence-corrected chi connectivity index (χ1v) is 14.9. The van der Waals surface area contributed by atoms with Crippen molar-refractivity contribution < 1.29 is 9.53 Å². The molecule has 186 valence electrons. The molecule has 3 rings (SSSR count). The van der Waals surface area contributed by atoms with Crippen LogP contribution in [0.5, 0.6) is 0 Å². The second kappa shape index (κ2) is 14.7. The second-order valence-electron chi connectivity index (χ2n) is 11.7. The zero-order valence-electron chi connectivity index (χ0n) is 21.6. The maximum Gasteiger partial charge on any atom is 0.306 e. The summed E-state index contributed by atoms with van der Waals surface area (Å²) in [6.45, 7) is 4.54. The summed E-state index contributed by atoms with van der Waals surface area (Å²) < 4.78 is 5.94. The highest BCUT2D eigenvalue weighted by Gasteiger charge is 2.44. The van der Waals surface area contributed by atoms with Gasteiger partial charge in [0.2, 0.25) is 0 Å². The lowest BCUT2D eigenvalue weighted by molar-refractivity contribution is -0.153. The van der Waals surface area contributed by atoms with Crippen LogP contribution in [0.1, 0.15) is 149 Å². The van der Waals surface area contributed by atoms with Gasteiger partial charge in [-0.25, -0.2) is 0 Å². The van der Waals surface area contributed by atoms with E-state index in [1.165, 1.54) is 109 Å². The van der Waals surface area contributed by atoms with Crippen LogP contribution >= 0.6 is 0 Å². The number of esters is 1. The Labute approximate surface area is 200 Å². The third-order valence-corrected chi connectivity index (χ3v) is 9.35. The Morgan fingerprint density at radius 1 is 0.656 bits per heavy atom. The molecule has 0 spiro atoms. The summed E-state index contributed by atoms with van der Waals surface area (Å²) in [5, 5.41) is 0. The van der Waals surface area contributed by atoms with Crippen LogP contribution in [0, 0.1) is 29.6 Å². The molecule has 3 aliphatic carbocycles. The average molecular weight is 447 g/mol. The van der Waals surface area contributed by atoms with E-state index in [2.05, 4.69) is 13.8 Å². The summed E-state index contributed by atoms with van der Waals surface area (Å²) in [6, 6.07) is 0. The number of unbranched alkanes of at least 4 members (excludes halogenated alkanes) is 9. The zero-order chi connectivity index (χ0) is 22.6. The summed E-state index contributed by atoms with van der Waals surface area (Å²) >= 11 is 0. The summed E-state index contributed by atoms with van der Waals surface area (Å²) in [4.78, 5) is 12.3. The Bertz CT molecular complexity index is 515. The van der Waals surface area contributed by atoms with E-state index in [9.17, 15) is 4.79 Å². The molecule has 0 saturated heterocycles. The molecule has 0 aromatic heterocycles. The maximum absolute atomic E-state index is 12.3. The van der Waals surface area contributed by atoms with Gasteiger partial charge in [-0.2, -0.15) is 0 Å². The van der Waals surface area contributed by atoms with E-state index < -0.39 is 0 Å². The molecule has 3 saturated carbocycles. The van der Waals surface area contributed by atoms with Crippen LogP contribution in [-0.2, 0) is 9.53 Å². The molecular formula is C30H54O2. The van der Waals surface area contributed by atoms with Gasteiger partial charge in [0.1, 0.15) is 6.10 Å². The minimum absolute atomic E-state index is 0.0776. The van der Waals surface area contributed by atoms with Crippen molar-refractivity contribution in [3.63, 3.8) is 0 Å². The largest absolute Gasteiger partial charge is 0.462 e. The van der Waals surface area contributed by atoms with Gasteiger partial charge in [-0.15, -0.1) is 0 Å². The Morgan fingerprint density at radius 2 is 1.25 bits per heavy atom. The van der Waals surface area contributed by atoms with Crippen molar-refractivity contribution in [1.29, 1.82) is 0 Å². The van der Waals surface area contributed by atoms with Gasteiger partial charge in [-0.05, 0) is 81.0 Å². The van der Waals surface area contributed by atoms with E-state index in [1.54, 1.807) is 0 Å². The standard InChI is InChI=1S/C30H54O2/c1-3-5-7-9-11-12-14-24-16-20-28-25(22-24)17-18-26-23-27(19-21-29(26)28)32-30(31)15-13-10-8-6-4-2/h24-29H,3-23H2,1-2H3/t24-,25?,26?,27-,28?,29?/m0/s1. The van der Waals surface area contributed by atoms with Gasteiger partial charge in [0.25, 0.3) is 0 Å². The molecule has 2 heteroatoms. The first-order valence-electron chi connectivity index (χ1n) is 14.9. The van der Waals surface area contributed by atoms with E-state index in [4.69, 9.17) is 4.74 Å². The van der Waals surface area contributed by atoms with Crippen molar-refractivity contribution in [2.24, 2.45) is 29.6 Å². The topological polar surface area (TPSA) is 26.3 Å². The molecule has 3 fully saturated rings. The molecule has 0 aromatic carbocycles. The molecule has 3 aliphatic rings. The normalized spacial score (nSPS) is 32.2. The van der Waals surface area contributed by atoms with Crippen LogP contribution in [0.25, 0.3) is 0 Å². The van der Waals surface area contributed by atoms with Crippen LogP contribution in [0.3, 0.4) is 0 Å². The van der Waals surface area contributed by atoms with Crippen LogP contribution in [0.4, 0.5) is 0 Å². The Hall–Kier alpha value is -0.530. The highest BCUT2D eigenvalue weighted by molar-refractivity contribution is 5.69. The maximum atomic E-state index is 12.3. The summed E-state index contributed by atoms with van der Waals surface area (Å²) in [6.07, 6.45) is 28.0. The van der Waals surface area contributed by atoms with Crippen LogP contribution in [0.2, 0.25) is 0 Å². The second-order valence-corrected chi connectivity index (χ2v) is 11.7. The van der Waals surface area contributed by atoms with Gasteiger partial charge in [0.05, 0.1) is 0 Å². The van der Waals surface area contributed by atoms with Gasteiger partial charge in [0, 0.05) is 6.42 Å².